The van der Waals surface area contributed by atoms with Crippen molar-refractivity contribution in [1.29, 1.82) is 0 Å². The molecular formula is C18H15FN2O4. The smallest absolute Gasteiger partial charge is 0.232 e. The molecule has 0 fully saturated rings. The minimum absolute atomic E-state index is 0.00895. The Kier molecular flexibility index (Phi) is 3.76. The quantitative estimate of drug-likeness (QED) is 0.880. The van der Waals surface area contributed by atoms with Gasteiger partial charge in [0.15, 0.2) is 11.5 Å². The number of benzene rings is 2. The number of anilines is 2. The number of hydrogen-bond donors (Lipinski definition) is 2. The summed E-state index contributed by atoms with van der Waals surface area (Å²) in [6.45, 7) is 0.940. The second-order valence-electron chi connectivity index (χ2n) is 5.88. The van der Waals surface area contributed by atoms with Gasteiger partial charge >= 0.3 is 0 Å². The van der Waals surface area contributed by atoms with E-state index in [4.69, 9.17) is 9.47 Å². The van der Waals surface area contributed by atoms with Crippen LogP contribution in [-0.2, 0) is 9.59 Å². The van der Waals surface area contributed by atoms with Crippen molar-refractivity contribution in [2.24, 2.45) is 0 Å². The third-order valence-electron chi connectivity index (χ3n) is 4.18. The van der Waals surface area contributed by atoms with E-state index in [1.165, 1.54) is 18.2 Å². The molecule has 2 N–H and O–H groups in total. The normalized spacial score (nSPS) is 18.1. The molecule has 0 radical (unpaired) electrons. The van der Waals surface area contributed by atoms with Crippen molar-refractivity contribution in [3.63, 3.8) is 0 Å². The summed E-state index contributed by atoms with van der Waals surface area (Å²) in [6, 6.07) is 9.14. The summed E-state index contributed by atoms with van der Waals surface area (Å²) in [5, 5.41) is 5.38. The van der Waals surface area contributed by atoms with Crippen LogP contribution in [0.3, 0.4) is 0 Å². The number of carbonyl (C=O) groups is 2. The minimum Gasteiger partial charge on any atom is -0.486 e. The Balaban J connectivity index is 1.58. The van der Waals surface area contributed by atoms with Crippen LogP contribution in [0, 0.1) is 5.82 Å². The van der Waals surface area contributed by atoms with Crippen molar-refractivity contribution >= 4 is 23.2 Å². The number of hydrogen-bond acceptors (Lipinski definition) is 4. The maximum Gasteiger partial charge on any atom is 0.232 e. The van der Waals surface area contributed by atoms with Gasteiger partial charge in [-0.3, -0.25) is 9.59 Å². The van der Waals surface area contributed by atoms with Crippen LogP contribution in [0.15, 0.2) is 36.4 Å². The van der Waals surface area contributed by atoms with E-state index in [9.17, 15) is 14.0 Å². The van der Waals surface area contributed by atoms with E-state index in [-0.39, 0.29) is 18.2 Å². The second-order valence-corrected chi connectivity index (χ2v) is 5.88. The average Bonchev–Trinajstić information content (AvgIpc) is 2.60. The fraction of sp³-hybridized carbons (Fsp3) is 0.222. The largest absolute Gasteiger partial charge is 0.486 e. The zero-order chi connectivity index (χ0) is 17.4. The number of nitrogens with one attached hydrogen (secondary N) is 2. The highest BCUT2D eigenvalue weighted by Crippen LogP contribution is 2.35. The lowest BCUT2D eigenvalue weighted by Gasteiger charge is -2.25. The van der Waals surface area contributed by atoms with Crippen molar-refractivity contribution in [3.05, 3.63) is 47.8 Å². The summed E-state index contributed by atoms with van der Waals surface area (Å²) >= 11 is 0. The number of rotatable bonds is 2. The zero-order valence-corrected chi connectivity index (χ0v) is 13.2. The Bertz CT molecular complexity index is 868. The first-order valence-corrected chi connectivity index (χ1v) is 7.90. The number of halogens is 1. The monoisotopic (exact) mass is 342 g/mol. The van der Waals surface area contributed by atoms with E-state index in [1.54, 1.807) is 18.2 Å². The highest BCUT2D eigenvalue weighted by atomic mass is 19.1. The van der Waals surface area contributed by atoms with Crippen LogP contribution in [0.2, 0.25) is 0 Å². The third kappa shape index (κ3) is 3.00. The molecule has 2 aromatic rings. The molecular weight excluding hydrogens is 327 g/mol. The number of ether oxygens (including phenoxy) is 2. The van der Waals surface area contributed by atoms with Crippen molar-refractivity contribution in [2.75, 3.05) is 23.8 Å². The van der Waals surface area contributed by atoms with Crippen LogP contribution in [0.4, 0.5) is 15.8 Å². The number of fused-ring (bicyclic) bond motifs is 2. The van der Waals surface area contributed by atoms with Gasteiger partial charge in [0.05, 0.1) is 5.92 Å². The summed E-state index contributed by atoms with van der Waals surface area (Å²) in [5.74, 6) is -0.612. The molecule has 0 saturated carbocycles. The average molecular weight is 342 g/mol. The maximum absolute atomic E-state index is 13.4. The predicted octanol–water partition coefficient (Wildman–Crippen LogP) is 2.66. The Labute approximate surface area is 142 Å². The highest BCUT2D eigenvalue weighted by molar-refractivity contribution is 6.05. The van der Waals surface area contributed by atoms with Gasteiger partial charge in [-0.1, -0.05) is 6.07 Å². The molecule has 2 heterocycles. The molecule has 2 aromatic carbocycles. The molecule has 0 aliphatic carbocycles. The first kappa shape index (κ1) is 15.4. The lowest BCUT2D eigenvalue weighted by Crippen LogP contribution is -2.31. The molecule has 1 atom stereocenters. The van der Waals surface area contributed by atoms with Crippen molar-refractivity contribution in [2.45, 2.75) is 12.3 Å². The molecule has 0 aromatic heterocycles. The summed E-state index contributed by atoms with van der Waals surface area (Å²) in [5.41, 5.74) is 1.47. The maximum atomic E-state index is 13.4. The van der Waals surface area contributed by atoms with Gasteiger partial charge in [-0.25, -0.2) is 4.39 Å². The van der Waals surface area contributed by atoms with Gasteiger partial charge < -0.3 is 20.1 Å². The van der Waals surface area contributed by atoms with Crippen molar-refractivity contribution in [1.82, 2.24) is 0 Å². The lowest BCUT2D eigenvalue weighted by atomic mass is 9.89. The van der Waals surface area contributed by atoms with Crippen LogP contribution < -0.4 is 20.1 Å². The molecule has 0 spiro atoms. The van der Waals surface area contributed by atoms with E-state index in [0.29, 0.717) is 41.7 Å². The van der Waals surface area contributed by atoms with E-state index in [1.807, 2.05) is 0 Å². The summed E-state index contributed by atoms with van der Waals surface area (Å²) in [7, 11) is 0. The van der Waals surface area contributed by atoms with Crippen LogP contribution in [0.5, 0.6) is 11.5 Å². The summed E-state index contributed by atoms with van der Waals surface area (Å²) < 4.78 is 24.3. The fourth-order valence-corrected chi connectivity index (χ4v) is 3.02. The van der Waals surface area contributed by atoms with Gasteiger partial charge in [-0.05, 0) is 29.8 Å². The van der Waals surface area contributed by atoms with E-state index in [0.717, 1.165) is 0 Å². The topological polar surface area (TPSA) is 76.7 Å². The van der Waals surface area contributed by atoms with Crippen LogP contribution in [-0.4, -0.2) is 25.0 Å². The van der Waals surface area contributed by atoms with Crippen molar-refractivity contribution in [3.8, 4) is 11.5 Å². The fourth-order valence-electron chi connectivity index (χ4n) is 3.02. The second kappa shape index (κ2) is 6.08. The van der Waals surface area contributed by atoms with Crippen LogP contribution >= 0.6 is 0 Å². The Morgan fingerprint density at radius 2 is 1.92 bits per heavy atom. The van der Waals surface area contributed by atoms with Gasteiger partial charge in [-0.2, -0.15) is 0 Å². The first-order chi connectivity index (χ1) is 12.1. The molecule has 25 heavy (non-hydrogen) atoms. The summed E-state index contributed by atoms with van der Waals surface area (Å²) in [6.07, 6.45) is 0.00895. The number of amides is 2. The molecule has 128 valence electrons. The molecule has 7 heteroatoms. The zero-order valence-electron chi connectivity index (χ0n) is 13.2. The molecule has 2 amide bonds. The molecule has 2 aliphatic rings. The first-order valence-electron chi connectivity index (χ1n) is 7.90. The molecule has 0 bridgehead atoms. The van der Waals surface area contributed by atoms with Gasteiger partial charge in [0.25, 0.3) is 0 Å². The third-order valence-corrected chi connectivity index (χ3v) is 4.18. The molecule has 1 unspecified atom stereocenters. The molecule has 2 aliphatic heterocycles. The number of carbonyl (C=O) groups excluding carboxylic acids is 2. The van der Waals surface area contributed by atoms with E-state index >= 15 is 0 Å². The molecule has 0 saturated heterocycles. The van der Waals surface area contributed by atoms with Crippen molar-refractivity contribution < 1.29 is 23.5 Å². The molecule has 6 nitrogen and oxygen atoms in total. The molecule has 4 rings (SSSR count). The summed E-state index contributed by atoms with van der Waals surface area (Å²) in [4.78, 5) is 24.5. The van der Waals surface area contributed by atoms with Gasteiger partial charge in [0.1, 0.15) is 19.0 Å². The lowest BCUT2D eigenvalue weighted by molar-refractivity contribution is -0.123. The van der Waals surface area contributed by atoms with Gasteiger partial charge in [0.2, 0.25) is 11.8 Å². The van der Waals surface area contributed by atoms with Gasteiger partial charge in [0, 0.05) is 23.9 Å². The Hall–Kier alpha value is -3.09. The SMILES string of the molecule is O=C1CC(C(=O)Nc2ccc3c(c2)OCCO3)c2ccc(F)cc2N1. The van der Waals surface area contributed by atoms with E-state index < -0.39 is 11.7 Å². The van der Waals surface area contributed by atoms with Gasteiger partial charge in [-0.15, -0.1) is 0 Å². The standard InChI is InChI=1S/C18H15FN2O4/c19-10-1-3-12-13(9-17(22)21-14(12)7-10)18(23)20-11-2-4-15-16(8-11)25-6-5-24-15/h1-4,7-8,13H,5-6,9H2,(H,20,23)(H,21,22). The van der Waals surface area contributed by atoms with Crippen LogP contribution in [0.25, 0.3) is 0 Å². The van der Waals surface area contributed by atoms with E-state index in [2.05, 4.69) is 10.6 Å². The minimum atomic E-state index is -0.683. The van der Waals surface area contributed by atoms with Crippen LogP contribution in [0.1, 0.15) is 17.9 Å². The predicted molar refractivity (Wildman–Crippen MR) is 88.4 cm³/mol. The Morgan fingerprint density at radius 3 is 2.76 bits per heavy atom. The highest BCUT2D eigenvalue weighted by Gasteiger charge is 2.31. The Morgan fingerprint density at radius 1 is 1.12 bits per heavy atom.